The lowest BCUT2D eigenvalue weighted by molar-refractivity contribution is 0.199. The Morgan fingerprint density at radius 3 is 3.14 bits per heavy atom. The van der Waals surface area contributed by atoms with E-state index in [0.29, 0.717) is 11.8 Å². The molecule has 0 amide bonds. The van der Waals surface area contributed by atoms with Crippen LogP contribution in [0, 0.1) is 0 Å². The van der Waals surface area contributed by atoms with Gasteiger partial charge in [0.1, 0.15) is 5.82 Å². The molecule has 2 rings (SSSR count). The van der Waals surface area contributed by atoms with Gasteiger partial charge in [-0.05, 0) is 19.3 Å². The Hall–Kier alpha value is -0.540. The minimum Gasteiger partial charge on any atom is -0.384 e. The number of aromatic nitrogens is 2. The number of hydrogen-bond donors (Lipinski definition) is 0. The predicted molar refractivity (Wildman–Crippen MR) is 55.8 cm³/mol. The molecule has 2 heterocycles. The van der Waals surface area contributed by atoms with Crippen LogP contribution in [0.15, 0.2) is 0 Å². The van der Waals surface area contributed by atoms with Crippen molar-refractivity contribution in [3.8, 4) is 0 Å². The van der Waals surface area contributed by atoms with E-state index in [2.05, 4.69) is 9.55 Å². The van der Waals surface area contributed by atoms with Gasteiger partial charge in [-0.1, -0.05) is 11.6 Å². The van der Waals surface area contributed by atoms with Gasteiger partial charge in [-0.15, -0.1) is 0 Å². The van der Waals surface area contributed by atoms with E-state index in [1.54, 1.807) is 7.11 Å². The maximum atomic E-state index is 6.07. The Morgan fingerprint density at radius 2 is 2.36 bits per heavy atom. The highest BCUT2D eigenvalue weighted by Crippen LogP contribution is 2.24. The molecule has 0 N–H and O–H groups in total. The van der Waals surface area contributed by atoms with Crippen molar-refractivity contribution in [2.24, 2.45) is 0 Å². The standard InChI is InChI=1S/C10H15ClN2O/c1-14-7-5-9-12-10(11)8-4-2-3-6-13(8)9/h2-7H2,1H3. The monoisotopic (exact) mass is 214 g/mol. The average Bonchev–Trinajstić information content (AvgIpc) is 2.54. The van der Waals surface area contributed by atoms with Gasteiger partial charge in [0.15, 0.2) is 5.15 Å². The minimum atomic E-state index is 0.691. The Morgan fingerprint density at radius 1 is 1.50 bits per heavy atom. The highest BCUT2D eigenvalue weighted by Gasteiger charge is 2.17. The molecule has 0 saturated heterocycles. The van der Waals surface area contributed by atoms with Crippen LogP contribution in [-0.2, 0) is 24.1 Å². The molecule has 78 valence electrons. The summed E-state index contributed by atoms with van der Waals surface area (Å²) in [6, 6.07) is 0. The SMILES string of the molecule is COCCc1nc(Cl)c2n1CCCC2. The quantitative estimate of drug-likeness (QED) is 0.770. The van der Waals surface area contributed by atoms with Crippen molar-refractivity contribution in [3.63, 3.8) is 0 Å². The summed E-state index contributed by atoms with van der Waals surface area (Å²) in [5, 5.41) is 0.691. The summed E-state index contributed by atoms with van der Waals surface area (Å²) in [4.78, 5) is 4.38. The molecule has 1 aliphatic rings. The van der Waals surface area contributed by atoms with Gasteiger partial charge in [-0.3, -0.25) is 0 Å². The molecule has 14 heavy (non-hydrogen) atoms. The molecule has 3 nitrogen and oxygen atoms in total. The molecule has 0 atom stereocenters. The number of methoxy groups -OCH3 is 1. The van der Waals surface area contributed by atoms with Crippen molar-refractivity contribution in [3.05, 3.63) is 16.7 Å². The van der Waals surface area contributed by atoms with Gasteiger partial charge in [0, 0.05) is 20.1 Å². The van der Waals surface area contributed by atoms with Crippen molar-refractivity contribution in [1.29, 1.82) is 0 Å². The first kappa shape index (κ1) is 9.99. The van der Waals surface area contributed by atoms with Gasteiger partial charge >= 0.3 is 0 Å². The topological polar surface area (TPSA) is 27.1 Å². The molecular formula is C10H15ClN2O. The van der Waals surface area contributed by atoms with E-state index >= 15 is 0 Å². The van der Waals surface area contributed by atoms with E-state index in [-0.39, 0.29) is 0 Å². The fraction of sp³-hybridized carbons (Fsp3) is 0.700. The molecule has 0 aliphatic carbocycles. The molecule has 0 saturated carbocycles. The van der Waals surface area contributed by atoms with Crippen LogP contribution in [0.2, 0.25) is 5.15 Å². The largest absolute Gasteiger partial charge is 0.384 e. The average molecular weight is 215 g/mol. The van der Waals surface area contributed by atoms with Gasteiger partial charge in [-0.2, -0.15) is 0 Å². The lowest BCUT2D eigenvalue weighted by atomic mass is 10.1. The van der Waals surface area contributed by atoms with Crippen LogP contribution in [0.1, 0.15) is 24.4 Å². The first-order chi connectivity index (χ1) is 6.83. The van der Waals surface area contributed by atoms with Crippen LogP contribution in [0.4, 0.5) is 0 Å². The molecule has 0 bridgehead atoms. The highest BCUT2D eigenvalue weighted by atomic mass is 35.5. The number of ether oxygens (including phenoxy) is 1. The third-order valence-electron chi connectivity index (χ3n) is 2.68. The van der Waals surface area contributed by atoms with Gasteiger partial charge in [0.2, 0.25) is 0 Å². The predicted octanol–water partition coefficient (Wildman–Crippen LogP) is 2.06. The molecule has 1 aliphatic heterocycles. The van der Waals surface area contributed by atoms with Crippen molar-refractivity contribution in [1.82, 2.24) is 9.55 Å². The molecule has 0 aromatic carbocycles. The van der Waals surface area contributed by atoms with E-state index in [4.69, 9.17) is 16.3 Å². The van der Waals surface area contributed by atoms with Crippen LogP contribution in [0.3, 0.4) is 0 Å². The molecule has 0 radical (unpaired) electrons. The molecule has 1 aromatic heterocycles. The van der Waals surface area contributed by atoms with Crippen molar-refractivity contribution in [2.75, 3.05) is 13.7 Å². The summed E-state index contributed by atoms with van der Waals surface area (Å²) in [7, 11) is 1.71. The first-order valence-corrected chi connectivity index (χ1v) is 5.43. The fourth-order valence-electron chi connectivity index (χ4n) is 1.95. The second-order valence-corrected chi connectivity index (χ2v) is 3.98. The van der Waals surface area contributed by atoms with Gasteiger partial charge in [0.05, 0.1) is 12.3 Å². The van der Waals surface area contributed by atoms with Crippen LogP contribution in [0.5, 0.6) is 0 Å². The number of nitrogens with zero attached hydrogens (tertiary/aromatic N) is 2. The fourth-order valence-corrected chi connectivity index (χ4v) is 2.25. The van der Waals surface area contributed by atoms with E-state index in [1.165, 1.54) is 18.5 Å². The Kier molecular flexibility index (Phi) is 3.08. The number of imidazole rings is 1. The van der Waals surface area contributed by atoms with Crippen LogP contribution in [-0.4, -0.2) is 23.3 Å². The van der Waals surface area contributed by atoms with Crippen molar-refractivity contribution in [2.45, 2.75) is 32.2 Å². The molecule has 4 heteroatoms. The van der Waals surface area contributed by atoms with Crippen LogP contribution >= 0.6 is 11.6 Å². The summed E-state index contributed by atoms with van der Waals surface area (Å²) in [5.41, 5.74) is 1.21. The summed E-state index contributed by atoms with van der Waals surface area (Å²) in [6.07, 6.45) is 4.39. The van der Waals surface area contributed by atoms with Crippen molar-refractivity contribution < 1.29 is 4.74 Å². The Labute approximate surface area is 89.0 Å². The number of halogens is 1. The lowest BCUT2D eigenvalue weighted by Crippen LogP contribution is -2.13. The first-order valence-electron chi connectivity index (χ1n) is 5.05. The lowest BCUT2D eigenvalue weighted by Gasteiger charge is -2.16. The van der Waals surface area contributed by atoms with E-state index in [0.717, 1.165) is 25.2 Å². The summed E-state index contributed by atoms with van der Waals surface area (Å²) in [5.74, 6) is 1.08. The highest BCUT2D eigenvalue weighted by molar-refractivity contribution is 6.30. The van der Waals surface area contributed by atoms with E-state index < -0.39 is 0 Å². The van der Waals surface area contributed by atoms with Crippen molar-refractivity contribution >= 4 is 11.6 Å². The molecular weight excluding hydrogens is 200 g/mol. The van der Waals surface area contributed by atoms with Crippen LogP contribution < -0.4 is 0 Å². The zero-order valence-corrected chi connectivity index (χ0v) is 9.18. The minimum absolute atomic E-state index is 0.691. The third-order valence-corrected chi connectivity index (χ3v) is 2.98. The molecule has 0 unspecified atom stereocenters. The van der Waals surface area contributed by atoms with E-state index in [1.807, 2.05) is 0 Å². The smallest absolute Gasteiger partial charge is 0.150 e. The van der Waals surface area contributed by atoms with Crippen LogP contribution in [0.25, 0.3) is 0 Å². The zero-order chi connectivity index (χ0) is 9.97. The zero-order valence-electron chi connectivity index (χ0n) is 8.42. The normalized spacial score (nSPS) is 15.6. The van der Waals surface area contributed by atoms with Gasteiger partial charge < -0.3 is 9.30 Å². The number of hydrogen-bond acceptors (Lipinski definition) is 2. The number of fused-ring (bicyclic) bond motifs is 1. The molecule has 0 spiro atoms. The second-order valence-electron chi connectivity index (χ2n) is 3.62. The second kappa shape index (κ2) is 4.32. The van der Waals surface area contributed by atoms with Gasteiger partial charge in [-0.25, -0.2) is 4.98 Å². The maximum absolute atomic E-state index is 6.07. The maximum Gasteiger partial charge on any atom is 0.150 e. The van der Waals surface area contributed by atoms with E-state index in [9.17, 15) is 0 Å². The summed E-state index contributed by atoms with van der Waals surface area (Å²) >= 11 is 6.07. The molecule has 0 fully saturated rings. The molecule has 1 aromatic rings. The third kappa shape index (κ3) is 1.79. The Balaban J connectivity index is 2.23. The number of rotatable bonds is 3. The van der Waals surface area contributed by atoms with Gasteiger partial charge in [0.25, 0.3) is 0 Å². The summed E-state index contributed by atoms with van der Waals surface area (Å²) in [6.45, 7) is 1.78. The Bertz CT molecular complexity index is 322. The summed E-state index contributed by atoms with van der Waals surface area (Å²) < 4.78 is 7.30.